The van der Waals surface area contributed by atoms with Gasteiger partial charge in [-0.25, -0.2) is 0 Å². The van der Waals surface area contributed by atoms with Crippen molar-refractivity contribution in [2.45, 2.75) is 18.4 Å². The van der Waals surface area contributed by atoms with Gasteiger partial charge in [0.25, 0.3) is 0 Å². The van der Waals surface area contributed by atoms with E-state index < -0.39 is 0 Å². The second-order valence-electron chi connectivity index (χ2n) is 1.76. The third-order valence-corrected chi connectivity index (χ3v) is 1.46. The highest BCUT2D eigenvalue weighted by atomic mass is 35.5. The van der Waals surface area contributed by atoms with Crippen molar-refractivity contribution in [2.75, 3.05) is 14.2 Å². The Hall–Kier alpha value is -0.280. The minimum absolute atomic E-state index is 0.261. The maximum absolute atomic E-state index is 10.5. The Bertz CT molecular complexity index is 105. The fourth-order valence-electron chi connectivity index (χ4n) is 0.451. The second-order valence-corrected chi connectivity index (χ2v) is 2.25. The molecule has 0 aliphatic heterocycles. The lowest BCUT2D eigenvalue weighted by molar-refractivity contribution is -0.141. The van der Waals surface area contributed by atoms with E-state index in [0.717, 1.165) is 0 Å². The van der Waals surface area contributed by atoms with Gasteiger partial charge >= 0.3 is 5.97 Å². The van der Waals surface area contributed by atoms with Gasteiger partial charge in [0, 0.05) is 13.5 Å². The van der Waals surface area contributed by atoms with E-state index in [1.54, 1.807) is 0 Å². The molecule has 0 rings (SSSR count). The zero-order chi connectivity index (χ0) is 7.98. The Balaban J connectivity index is 3.26. The maximum atomic E-state index is 10.5. The van der Waals surface area contributed by atoms with Crippen molar-refractivity contribution in [2.24, 2.45) is 0 Å². The quantitative estimate of drug-likeness (QED) is 0.464. The molecule has 0 spiro atoms. The second kappa shape index (κ2) is 5.50. The number of rotatable bonds is 4. The maximum Gasteiger partial charge on any atom is 0.305 e. The number of alkyl halides is 1. The van der Waals surface area contributed by atoms with Crippen LogP contribution in [0.1, 0.15) is 12.8 Å². The molecule has 0 heterocycles. The molecule has 0 saturated heterocycles. The topological polar surface area (TPSA) is 35.5 Å². The summed E-state index contributed by atoms with van der Waals surface area (Å²) in [6.07, 6.45) is 0.795. The van der Waals surface area contributed by atoms with Gasteiger partial charge in [0.2, 0.25) is 0 Å². The first-order valence-corrected chi connectivity index (χ1v) is 3.38. The molecule has 10 heavy (non-hydrogen) atoms. The lowest BCUT2D eigenvalue weighted by atomic mass is 10.3. The van der Waals surface area contributed by atoms with Crippen LogP contribution in [0, 0.1) is 0 Å². The van der Waals surface area contributed by atoms with E-state index in [1.165, 1.54) is 14.2 Å². The standard InChI is InChI=1S/C6H11ClO3/c1-9-5(7)3-4-6(8)10-2/h5H,3-4H2,1-2H3. The third-order valence-electron chi connectivity index (χ3n) is 1.06. The zero-order valence-electron chi connectivity index (χ0n) is 6.09. The Morgan fingerprint density at radius 1 is 1.60 bits per heavy atom. The molecule has 3 nitrogen and oxygen atoms in total. The van der Waals surface area contributed by atoms with Crippen LogP contribution < -0.4 is 0 Å². The lowest BCUT2D eigenvalue weighted by Crippen LogP contribution is -2.06. The summed E-state index contributed by atoms with van der Waals surface area (Å²) in [7, 11) is 2.84. The largest absolute Gasteiger partial charge is 0.469 e. The zero-order valence-corrected chi connectivity index (χ0v) is 6.85. The molecule has 0 radical (unpaired) electrons. The van der Waals surface area contributed by atoms with Crippen LogP contribution in [0.3, 0.4) is 0 Å². The van der Waals surface area contributed by atoms with E-state index in [2.05, 4.69) is 4.74 Å². The summed E-state index contributed by atoms with van der Waals surface area (Å²) in [5.41, 5.74) is -0.390. The van der Waals surface area contributed by atoms with Crippen LogP contribution in [0.2, 0.25) is 0 Å². The van der Waals surface area contributed by atoms with Crippen molar-refractivity contribution >= 4 is 17.6 Å². The van der Waals surface area contributed by atoms with E-state index in [-0.39, 0.29) is 11.5 Å². The number of hydrogen-bond acceptors (Lipinski definition) is 3. The van der Waals surface area contributed by atoms with Crippen LogP contribution in [-0.2, 0) is 14.3 Å². The summed E-state index contributed by atoms with van der Waals surface area (Å²) < 4.78 is 9.09. The van der Waals surface area contributed by atoms with Crippen molar-refractivity contribution in [1.29, 1.82) is 0 Å². The van der Waals surface area contributed by atoms with Crippen LogP contribution in [0.5, 0.6) is 0 Å². The highest BCUT2D eigenvalue weighted by Gasteiger charge is 2.05. The summed E-state index contributed by atoms with van der Waals surface area (Å²) in [4.78, 5) is 10.5. The van der Waals surface area contributed by atoms with Crippen molar-refractivity contribution < 1.29 is 14.3 Å². The van der Waals surface area contributed by atoms with Crippen LogP contribution in [0.4, 0.5) is 0 Å². The first kappa shape index (κ1) is 9.72. The lowest BCUT2D eigenvalue weighted by Gasteiger charge is -2.04. The average molecular weight is 167 g/mol. The van der Waals surface area contributed by atoms with Gasteiger partial charge in [-0.05, 0) is 6.42 Å². The first-order chi connectivity index (χ1) is 4.70. The number of carbonyl (C=O) groups excluding carboxylic acids is 1. The summed E-state index contributed by atoms with van der Waals surface area (Å²) in [6, 6.07) is 0. The summed E-state index contributed by atoms with van der Waals surface area (Å²) >= 11 is 5.54. The van der Waals surface area contributed by atoms with Crippen molar-refractivity contribution in [3.05, 3.63) is 0 Å². The molecule has 0 aromatic rings. The molecule has 0 aromatic carbocycles. The molecule has 60 valence electrons. The number of ether oxygens (including phenoxy) is 2. The van der Waals surface area contributed by atoms with Crippen LogP contribution in [0.25, 0.3) is 0 Å². The van der Waals surface area contributed by atoms with Gasteiger partial charge in [-0.3, -0.25) is 4.79 Å². The molecule has 0 bridgehead atoms. The molecule has 0 aliphatic rings. The number of halogens is 1. The third kappa shape index (κ3) is 4.58. The van der Waals surface area contributed by atoms with Gasteiger partial charge in [-0.15, -0.1) is 0 Å². The van der Waals surface area contributed by atoms with E-state index in [1.807, 2.05) is 0 Å². The molecule has 0 aromatic heterocycles. The molecular formula is C6H11ClO3. The molecule has 0 N–H and O–H groups in total. The minimum Gasteiger partial charge on any atom is -0.469 e. The average Bonchev–Trinajstić information content (AvgIpc) is 1.99. The van der Waals surface area contributed by atoms with Gasteiger partial charge in [0.05, 0.1) is 7.11 Å². The summed E-state index contributed by atoms with van der Waals surface area (Å²) in [5.74, 6) is -0.261. The highest BCUT2D eigenvalue weighted by molar-refractivity contribution is 6.19. The summed E-state index contributed by atoms with van der Waals surface area (Å²) in [5, 5.41) is 0. The van der Waals surface area contributed by atoms with Crippen molar-refractivity contribution in [1.82, 2.24) is 0 Å². The molecule has 0 fully saturated rings. The molecule has 1 atom stereocenters. The van der Waals surface area contributed by atoms with E-state index in [4.69, 9.17) is 16.3 Å². The van der Waals surface area contributed by atoms with Crippen LogP contribution in [-0.4, -0.2) is 25.8 Å². The number of hydrogen-bond donors (Lipinski definition) is 0. The molecule has 4 heteroatoms. The van der Waals surface area contributed by atoms with Crippen molar-refractivity contribution in [3.8, 4) is 0 Å². The number of carbonyl (C=O) groups is 1. The molecule has 0 saturated carbocycles. The van der Waals surface area contributed by atoms with E-state index in [0.29, 0.717) is 12.8 Å². The number of esters is 1. The first-order valence-electron chi connectivity index (χ1n) is 2.94. The fourth-order valence-corrected chi connectivity index (χ4v) is 0.560. The highest BCUT2D eigenvalue weighted by Crippen LogP contribution is 2.05. The predicted octanol–water partition coefficient (Wildman–Crippen LogP) is 1.15. The van der Waals surface area contributed by atoms with E-state index >= 15 is 0 Å². The van der Waals surface area contributed by atoms with Gasteiger partial charge in [-0.1, -0.05) is 11.6 Å². The van der Waals surface area contributed by atoms with Gasteiger partial charge in [0.15, 0.2) is 0 Å². The minimum atomic E-state index is -0.390. The Morgan fingerprint density at radius 2 is 2.20 bits per heavy atom. The predicted molar refractivity (Wildman–Crippen MR) is 37.9 cm³/mol. The SMILES string of the molecule is COC(=O)CCC(Cl)OC. The Kier molecular flexibility index (Phi) is 5.35. The van der Waals surface area contributed by atoms with Crippen molar-refractivity contribution in [3.63, 3.8) is 0 Å². The molecule has 0 amide bonds. The normalized spacial score (nSPS) is 12.7. The molecule has 1 unspecified atom stereocenters. The smallest absolute Gasteiger partial charge is 0.305 e. The molecule has 0 aliphatic carbocycles. The number of methoxy groups -OCH3 is 2. The molecular weight excluding hydrogens is 156 g/mol. The monoisotopic (exact) mass is 166 g/mol. The van der Waals surface area contributed by atoms with Crippen LogP contribution >= 0.6 is 11.6 Å². The van der Waals surface area contributed by atoms with Crippen LogP contribution in [0.15, 0.2) is 0 Å². The van der Waals surface area contributed by atoms with Gasteiger partial charge < -0.3 is 9.47 Å². The van der Waals surface area contributed by atoms with Gasteiger partial charge in [-0.2, -0.15) is 0 Å². The fraction of sp³-hybridized carbons (Fsp3) is 0.833. The van der Waals surface area contributed by atoms with E-state index in [9.17, 15) is 4.79 Å². The Morgan fingerprint density at radius 3 is 2.60 bits per heavy atom. The summed E-state index contributed by atoms with van der Waals surface area (Å²) in [6.45, 7) is 0. The van der Waals surface area contributed by atoms with Gasteiger partial charge in [0.1, 0.15) is 5.56 Å². The Labute approximate surface area is 65.3 Å².